The van der Waals surface area contributed by atoms with E-state index in [1.165, 1.54) is 0 Å². The molecule has 0 aliphatic carbocycles. The molecule has 10 nitrogen and oxygen atoms in total. The Bertz CT molecular complexity index is 1180. The van der Waals surface area contributed by atoms with Crippen LogP contribution in [0.2, 0.25) is 0 Å². The van der Waals surface area contributed by atoms with Crippen molar-refractivity contribution >= 4 is 11.9 Å². The van der Waals surface area contributed by atoms with Gasteiger partial charge in [-0.15, -0.1) is 0 Å². The molecule has 2 aromatic rings. The molecule has 1 aromatic heterocycles. The van der Waals surface area contributed by atoms with Crippen molar-refractivity contribution in [2.24, 2.45) is 13.0 Å². The fourth-order valence-corrected chi connectivity index (χ4v) is 6.17. The lowest BCUT2D eigenvalue weighted by Gasteiger charge is -2.30. The van der Waals surface area contributed by atoms with E-state index in [4.69, 9.17) is 14.2 Å². The minimum atomic E-state index is -0.854. The number of carbonyl (C=O) groups excluding carboxylic acids is 1. The van der Waals surface area contributed by atoms with Gasteiger partial charge >= 0.3 is 5.97 Å². The molecule has 4 rings (SSSR count). The van der Waals surface area contributed by atoms with Crippen molar-refractivity contribution in [3.05, 3.63) is 41.7 Å². The first-order chi connectivity index (χ1) is 19.7. The van der Waals surface area contributed by atoms with Crippen molar-refractivity contribution in [1.82, 2.24) is 19.3 Å². The number of nitrogens with zero attached hydrogens (tertiary/aromatic N) is 4. The highest BCUT2D eigenvalue weighted by molar-refractivity contribution is 5.79. The number of carbonyl (C=O) groups is 2. The van der Waals surface area contributed by atoms with Gasteiger partial charge < -0.3 is 33.7 Å². The maximum absolute atomic E-state index is 13.7. The molecule has 1 N–H and O–H groups in total. The van der Waals surface area contributed by atoms with Crippen LogP contribution in [0.5, 0.6) is 17.2 Å². The van der Waals surface area contributed by atoms with Gasteiger partial charge in [0.15, 0.2) is 11.5 Å². The molecule has 1 fully saturated rings. The number of aliphatic carboxylic acids is 1. The minimum absolute atomic E-state index is 0.0640. The third-order valence-corrected chi connectivity index (χ3v) is 8.40. The number of amides is 1. The summed E-state index contributed by atoms with van der Waals surface area (Å²) in [4.78, 5) is 32.9. The normalized spacial score (nSPS) is 20.1. The summed E-state index contributed by atoms with van der Waals surface area (Å²) in [5.74, 6) is -0.185. The van der Waals surface area contributed by atoms with Crippen molar-refractivity contribution < 1.29 is 28.9 Å². The zero-order valence-corrected chi connectivity index (χ0v) is 25.2. The summed E-state index contributed by atoms with van der Waals surface area (Å²) >= 11 is 0. The molecule has 0 spiro atoms. The summed E-state index contributed by atoms with van der Waals surface area (Å²) in [7, 11) is 7.65. The summed E-state index contributed by atoms with van der Waals surface area (Å²) in [6, 6.07) is 7.50. The monoisotopic (exact) mass is 570 g/mol. The van der Waals surface area contributed by atoms with Gasteiger partial charge in [0.05, 0.1) is 19.6 Å². The number of unbranched alkanes of at least 4 members (excludes halogenated alkanes) is 1. The van der Waals surface area contributed by atoms with Crippen LogP contribution in [0, 0.1) is 5.92 Å². The average Bonchev–Trinajstić information content (AvgIpc) is 3.67. The number of carboxylic acid groups (broad SMARTS) is 1. The van der Waals surface area contributed by atoms with Crippen LogP contribution < -0.4 is 14.2 Å². The summed E-state index contributed by atoms with van der Waals surface area (Å²) in [5, 5.41) is 10.6. The SMILES string of the molecule is CCCCN(CCCN(C)C)C(=O)CN1C[C@H](c2cc(OC)c3c(c2)OCO3)C(C(=O)O)[C@@H]1CCc1cccn1C. The van der Waals surface area contributed by atoms with Gasteiger partial charge in [0.1, 0.15) is 0 Å². The molecule has 41 heavy (non-hydrogen) atoms. The fourth-order valence-electron chi connectivity index (χ4n) is 6.17. The molecule has 226 valence electrons. The highest BCUT2D eigenvalue weighted by Gasteiger charge is 2.47. The number of carboxylic acids is 1. The maximum atomic E-state index is 13.7. The predicted molar refractivity (Wildman–Crippen MR) is 157 cm³/mol. The van der Waals surface area contributed by atoms with Crippen molar-refractivity contribution in [3.63, 3.8) is 0 Å². The Morgan fingerprint density at radius 3 is 2.59 bits per heavy atom. The molecular weight excluding hydrogens is 524 g/mol. The van der Waals surface area contributed by atoms with E-state index in [1.807, 2.05) is 50.4 Å². The molecular formula is C31H46N4O6. The molecule has 1 aromatic carbocycles. The number of benzene rings is 1. The van der Waals surface area contributed by atoms with Crippen molar-refractivity contribution in [2.75, 3.05) is 60.7 Å². The molecule has 1 saturated heterocycles. The number of methoxy groups -OCH3 is 1. The Labute approximate surface area is 243 Å². The van der Waals surface area contributed by atoms with E-state index in [0.29, 0.717) is 36.8 Å². The lowest BCUT2D eigenvalue weighted by Crippen LogP contribution is -2.45. The van der Waals surface area contributed by atoms with E-state index < -0.39 is 11.9 Å². The molecule has 2 aliphatic rings. The standard InChI is InChI=1S/C31H46N4O6/c1-6-7-15-34(16-9-13-32(2)3)28(36)20-35-19-24(22-17-26(39-5)30-27(18-22)40-21-41-30)29(31(37)38)25(35)12-11-23-10-8-14-33(23)4/h8,10,14,17-18,24-25,29H,6-7,9,11-13,15-16,19-21H2,1-5H3,(H,37,38)/t24-,25+,29?/m1/s1. The molecule has 0 bridgehead atoms. The Balaban J connectivity index is 1.62. The summed E-state index contributed by atoms with van der Waals surface area (Å²) < 4.78 is 18.9. The summed E-state index contributed by atoms with van der Waals surface area (Å²) in [6.45, 7) is 5.22. The Morgan fingerprint density at radius 1 is 1.15 bits per heavy atom. The second-order valence-corrected chi connectivity index (χ2v) is 11.5. The number of rotatable bonds is 15. The van der Waals surface area contributed by atoms with Crippen LogP contribution in [0.25, 0.3) is 0 Å². The second-order valence-electron chi connectivity index (χ2n) is 11.5. The van der Waals surface area contributed by atoms with Crippen LogP contribution >= 0.6 is 0 Å². The quantitative estimate of drug-likeness (QED) is 0.348. The molecule has 0 radical (unpaired) electrons. The van der Waals surface area contributed by atoms with Gasteiger partial charge in [-0.3, -0.25) is 14.5 Å². The van der Waals surface area contributed by atoms with Crippen LogP contribution in [-0.2, 0) is 23.1 Å². The first kappa shape index (κ1) is 30.7. The van der Waals surface area contributed by atoms with E-state index in [-0.39, 0.29) is 31.2 Å². The molecule has 0 saturated carbocycles. The number of aryl methyl sites for hydroxylation is 2. The number of hydrogen-bond acceptors (Lipinski definition) is 7. The van der Waals surface area contributed by atoms with Gasteiger partial charge in [-0.05, 0) is 76.2 Å². The largest absolute Gasteiger partial charge is 0.493 e. The van der Waals surface area contributed by atoms with E-state index >= 15 is 0 Å². The molecule has 1 amide bonds. The minimum Gasteiger partial charge on any atom is -0.493 e. The summed E-state index contributed by atoms with van der Waals surface area (Å²) in [6.07, 6.45) is 6.22. The van der Waals surface area contributed by atoms with Crippen LogP contribution in [0.1, 0.15) is 49.8 Å². The molecule has 3 atom stereocenters. The topological polar surface area (TPSA) is 96.7 Å². The van der Waals surface area contributed by atoms with Crippen molar-refractivity contribution in [2.45, 2.75) is 51.0 Å². The summed E-state index contributed by atoms with van der Waals surface area (Å²) in [5.41, 5.74) is 1.97. The van der Waals surface area contributed by atoms with Gasteiger partial charge in [0, 0.05) is 50.5 Å². The zero-order chi connectivity index (χ0) is 29.5. The van der Waals surface area contributed by atoms with Gasteiger partial charge in [0.25, 0.3) is 0 Å². The van der Waals surface area contributed by atoms with Gasteiger partial charge in [-0.1, -0.05) is 13.3 Å². The fraction of sp³-hybridized carbons (Fsp3) is 0.613. The number of ether oxygens (including phenoxy) is 3. The van der Waals surface area contributed by atoms with E-state index in [2.05, 4.69) is 27.4 Å². The smallest absolute Gasteiger partial charge is 0.308 e. The molecule has 1 unspecified atom stereocenters. The van der Waals surface area contributed by atoms with Gasteiger partial charge in [-0.2, -0.15) is 0 Å². The third kappa shape index (κ3) is 7.35. The lowest BCUT2D eigenvalue weighted by atomic mass is 9.83. The Hall–Kier alpha value is -3.24. The van der Waals surface area contributed by atoms with E-state index in [1.54, 1.807) is 7.11 Å². The molecule has 3 heterocycles. The van der Waals surface area contributed by atoms with E-state index in [9.17, 15) is 14.7 Å². The number of hydrogen-bond donors (Lipinski definition) is 1. The third-order valence-electron chi connectivity index (χ3n) is 8.40. The van der Waals surface area contributed by atoms with Crippen LogP contribution in [-0.4, -0.2) is 103 Å². The van der Waals surface area contributed by atoms with Crippen LogP contribution in [0.3, 0.4) is 0 Å². The van der Waals surface area contributed by atoms with Crippen molar-refractivity contribution in [3.8, 4) is 17.2 Å². The maximum Gasteiger partial charge on any atom is 0.308 e. The van der Waals surface area contributed by atoms with E-state index in [0.717, 1.165) is 50.0 Å². The number of aromatic nitrogens is 1. The van der Waals surface area contributed by atoms with Gasteiger partial charge in [0.2, 0.25) is 18.4 Å². The van der Waals surface area contributed by atoms with Crippen LogP contribution in [0.15, 0.2) is 30.5 Å². The number of fused-ring (bicyclic) bond motifs is 1. The highest BCUT2D eigenvalue weighted by atomic mass is 16.7. The van der Waals surface area contributed by atoms with Crippen molar-refractivity contribution in [1.29, 1.82) is 0 Å². The first-order valence-corrected chi connectivity index (χ1v) is 14.7. The molecule has 10 heteroatoms. The molecule has 2 aliphatic heterocycles. The lowest BCUT2D eigenvalue weighted by molar-refractivity contribution is -0.143. The second kappa shape index (κ2) is 14.1. The van der Waals surface area contributed by atoms with Gasteiger partial charge in [-0.25, -0.2) is 0 Å². The average molecular weight is 571 g/mol. The first-order valence-electron chi connectivity index (χ1n) is 14.7. The Morgan fingerprint density at radius 2 is 1.93 bits per heavy atom. The van der Waals surface area contributed by atoms with Crippen LogP contribution in [0.4, 0.5) is 0 Å². The number of likely N-dealkylation sites (tertiary alicyclic amines) is 1. The zero-order valence-electron chi connectivity index (χ0n) is 25.2. The Kier molecular flexibility index (Phi) is 10.6. The highest BCUT2D eigenvalue weighted by Crippen LogP contribution is 2.47. The predicted octanol–water partition coefficient (Wildman–Crippen LogP) is 3.44.